The van der Waals surface area contributed by atoms with Gasteiger partial charge in [-0.3, -0.25) is 19.0 Å². The molecule has 2 N–H and O–H groups in total. The lowest BCUT2D eigenvalue weighted by Crippen LogP contribution is -2.12. The summed E-state index contributed by atoms with van der Waals surface area (Å²) in [6.07, 6.45) is 1.76. The molecule has 9 heteroatoms. The molecular formula is C23H17N5O3S. The molecule has 0 aliphatic heterocycles. The number of carbonyl (C=O) groups is 1. The van der Waals surface area contributed by atoms with E-state index in [1.807, 2.05) is 47.8 Å². The standard InChI is InChI=1S/C23H17N5O3S/c29-22(24-17-9-4-8-16(12-17)21-25-23(30)31-27-21)18-14-28(13-15-6-2-1-3-7-15)26-20(18)19-10-5-11-32-19/h1-12,14H,13H2,(H,24,29)(H,25,27,30). The number of thiophene rings is 1. The quantitative estimate of drug-likeness (QED) is 0.408. The van der Waals surface area contributed by atoms with Crippen molar-refractivity contribution in [1.82, 2.24) is 19.9 Å². The third kappa shape index (κ3) is 4.14. The predicted molar refractivity (Wildman–Crippen MR) is 122 cm³/mol. The van der Waals surface area contributed by atoms with Gasteiger partial charge in [-0.25, -0.2) is 4.79 Å². The Labute approximate surface area is 186 Å². The Bertz CT molecular complexity index is 1420. The van der Waals surface area contributed by atoms with E-state index in [0.717, 1.165) is 10.4 Å². The molecule has 5 rings (SSSR count). The lowest BCUT2D eigenvalue weighted by atomic mass is 10.1. The van der Waals surface area contributed by atoms with Crippen LogP contribution in [0.5, 0.6) is 0 Å². The maximum atomic E-state index is 13.2. The van der Waals surface area contributed by atoms with E-state index in [4.69, 9.17) is 0 Å². The number of benzene rings is 2. The van der Waals surface area contributed by atoms with E-state index < -0.39 is 5.76 Å². The molecule has 0 saturated carbocycles. The van der Waals surface area contributed by atoms with E-state index in [0.29, 0.717) is 34.9 Å². The fraction of sp³-hybridized carbons (Fsp3) is 0.0435. The van der Waals surface area contributed by atoms with Crippen LogP contribution in [0, 0.1) is 0 Å². The van der Waals surface area contributed by atoms with Gasteiger partial charge >= 0.3 is 5.76 Å². The first-order valence-corrected chi connectivity index (χ1v) is 10.7. The molecular weight excluding hydrogens is 426 g/mol. The van der Waals surface area contributed by atoms with Gasteiger partial charge in [-0.05, 0) is 29.1 Å². The van der Waals surface area contributed by atoms with Crippen molar-refractivity contribution in [3.63, 3.8) is 0 Å². The number of nitrogens with zero attached hydrogens (tertiary/aromatic N) is 3. The Kier molecular flexibility index (Phi) is 5.22. The minimum Gasteiger partial charge on any atom is -0.322 e. The Morgan fingerprint density at radius 2 is 1.97 bits per heavy atom. The van der Waals surface area contributed by atoms with Gasteiger partial charge in [0.05, 0.1) is 17.0 Å². The van der Waals surface area contributed by atoms with Crippen LogP contribution in [0.2, 0.25) is 0 Å². The fourth-order valence-corrected chi connectivity index (χ4v) is 4.05. The highest BCUT2D eigenvalue weighted by atomic mass is 32.1. The molecule has 0 radical (unpaired) electrons. The fourth-order valence-electron chi connectivity index (χ4n) is 3.33. The summed E-state index contributed by atoms with van der Waals surface area (Å²) in [4.78, 5) is 27.8. The molecule has 0 saturated heterocycles. The first-order valence-electron chi connectivity index (χ1n) is 9.79. The molecule has 0 unspecified atom stereocenters. The second-order valence-corrected chi connectivity index (χ2v) is 7.98. The number of rotatable bonds is 6. The summed E-state index contributed by atoms with van der Waals surface area (Å²) in [5.74, 6) is -0.625. The van der Waals surface area contributed by atoms with E-state index in [2.05, 4.69) is 25.1 Å². The number of carbonyl (C=O) groups excluding carboxylic acids is 1. The first-order chi connectivity index (χ1) is 15.7. The summed E-state index contributed by atoms with van der Waals surface area (Å²) in [5, 5.41) is 13.2. The van der Waals surface area contributed by atoms with Crippen molar-refractivity contribution in [2.24, 2.45) is 0 Å². The minimum atomic E-state index is -0.638. The smallest absolute Gasteiger partial charge is 0.322 e. The average molecular weight is 443 g/mol. The Morgan fingerprint density at radius 3 is 2.72 bits per heavy atom. The number of aromatic nitrogens is 4. The summed E-state index contributed by atoms with van der Waals surface area (Å²) in [6.45, 7) is 0.557. The normalized spacial score (nSPS) is 10.9. The van der Waals surface area contributed by atoms with Crippen molar-refractivity contribution in [3.05, 3.63) is 100.0 Å². The van der Waals surface area contributed by atoms with E-state index in [9.17, 15) is 9.59 Å². The van der Waals surface area contributed by atoms with Gasteiger partial charge in [0.15, 0.2) is 5.82 Å². The molecule has 0 spiro atoms. The van der Waals surface area contributed by atoms with E-state index >= 15 is 0 Å². The monoisotopic (exact) mass is 443 g/mol. The summed E-state index contributed by atoms with van der Waals surface area (Å²) in [5.41, 5.74) is 3.37. The first kappa shape index (κ1) is 19.7. The van der Waals surface area contributed by atoms with Crippen molar-refractivity contribution >= 4 is 22.9 Å². The number of nitrogens with one attached hydrogen (secondary N) is 2. The van der Waals surface area contributed by atoms with Crippen molar-refractivity contribution in [3.8, 4) is 22.0 Å². The number of aromatic amines is 1. The topological polar surface area (TPSA) is 106 Å². The van der Waals surface area contributed by atoms with Gasteiger partial charge in [0, 0.05) is 17.4 Å². The van der Waals surface area contributed by atoms with Gasteiger partial charge in [-0.15, -0.1) is 11.3 Å². The van der Waals surface area contributed by atoms with Crippen LogP contribution < -0.4 is 11.1 Å². The summed E-state index contributed by atoms with van der Waals surface area (Å²) in [7, 11) is 0. The Morgan fingerprint density at radius 1 is 1.09 bits per heavy atom. The minimum absolute atomic E-state index is 0.279. The van der Waals surface area contributed by atoms with Crippen LogP contribution in [0.15, 0.2) is 87.6 Å². The van der Waals surface area contributed by atoms with E-state index in [-0.39, 0.29) is 5.91 Å². The Balaban J connectivity index is 1.44. The third-order valence-corrected chi connectivity index (χ3v) is 5.66. The van der Waals surface area contributed by atoms with Crippen molar-refractivity contribution in [2.45, 2.75) is 6.54 Å². The van der Waals surface area contributed by atoms with Crippen LogP contribution in [0.1, 0.15) is 15.9 Å². The van der Waals surface area contributed by atoms with Crippen molar-refractivity contribution < 1.29 is 9.32 Å². The van der Waals surface area contributed by atoms with Gasteiger partial charge in [0.25, 0.3) is 5.91 Å². The van der Waals surface area contributed by atoms with Gasteiger partial charge in [-0.1, -0.05) is 53.7 Å². The number of hydrogen-bond donors (Lipinski definition) is 2. The third-order valence-electron chi connectivity index (χ3n) is 4.78. The molecule has 0 aliphatic carbocycles. The summed E-state index contributed by atoms with van der Waals surface area (Å²) >= 11 is 1.53. The molecule has 0 aliphatic rings. The van der Waals surface area contributed by atoms with Gasteiger partial charge in [0.2, 0.25) is 0 Å². The zero-order chi connectivity index (χ0) is 21.9. The van der Waals surface area contributed by atoms with Crippen molar-refractivity contribution in [1.29, 1.82) is 0 Å². The molecule has 5 aromatic rings. The highest BCUT2D eigenvalue weighted by Gasteiger charge is 2.19. The zero-order valence-electron chi connectivity index (χ0n) is 16.7. The van der Waals surface area contributed by atoms with Gasteiger partial charge in [0.1, 0.15) is 5.69 Å². The molecule has 1 amide bonds. The molecule has 8 nitrogen and oxygen atoms in total. The maximum absolute atomic E-state index is 13.2. The molecule has 0 bridgehead atoms. The van der Waals surface area contributed by atoms with Gasteiger partial charge in [-0.2, -0.15) is 5.10 Å². The van der Waals surface area contributed by atoms with Crippen LogP contribution in [-0.2, 0) is 6.54 Å². The molecule has 32 heavy (non-hydrogen) atoms. The lowest BCUT2D eigenvalue weighted by Gasteiger charge is -2.06. The molecule has 0 fully saturated rings. The number of amides is 1. The highest BCUT2D eigenvalue weighted by Crippen LogP contribution is 2.28. The second kappa shape index (κ2) is 8.48. The van der Waals surface area contributed by atoms with Gasteiger partial charge < -0.3 is 5.32 Å². The average Bonchev–Trinajstić information content (AvgIpc) is 3.55. The van der Waals surface area contributed by atoms with Crippen molar-refractivity contribution in [2.75, 3.05) is 5.32 Å². The molecule has 0 atom stereocenters. The predicted octanol–water partition coefficient (Wildman–Crippen LogP) is 4.26. The number of H-pyrrole nitrogens is 1. The summed E-state index contributed by atoms with van der Waals surface area (Å²) < 4.78 is 6.33. The van der Waals surface area contributed by atoms with E-state index in [1.54, 1.807) is 35.1 Å². The SMILES string of the molecule is O=C(Nc1cccc(-c2noc(=O)[nH]2)c1)c1cn(Cc2ccccc2)nc1-c1cccs1. The second-order valence-electron chi connectivity index (χ2n) is 7.03. The van der Waals surface area contributed by atoms with Crippen LogP contribution in [0.25, 0.3) is 22.0 Å². The molecule has 158 valence electrons. The van der Waals surface area contributed by atoms with Crippen LogP contribution >= 0.6 is 11.3 Å². The molecule has 3 aromatic heterocycles. The zero-order valence-corrected chi connectivity index (χ0v) is 17.5. The highest BCUT2D eigenvalue weighted by molar-refractivity contribution is 7.13. The number of anilines is 1. The maximum Gasteiger partial charge on any atom is 0.439 e. The van der Waals surface area contributed by atoms with Crippen LogP contribution in [-0.4, -0.2) is 25.8 Å². The molecule has 2 aromatic carbocycles. The molecule has 3 heterocycles. The lowest BCUT2D eigenvalue weighted by molar-refractivity contribution is 0.102. The largest absolute Gasteiger partial charge is 0.439 e. The summed E-state index contributed by atoms with van der Waals surface area (Å²) in [6, 6.07) is 20.8. The van der Waals surface area contributed by atoms with Crippen LogP contribution in [0.4, 0.5) is 5.69 Å². The number of hydrogen-bond acceptors (Lipinski definition) is 6. The Hall–Kier alpha value is -4.24. The van der Waals surface area contributed by atoms with E-state index in [1.165, 1.54) is 11.3 Å². The van der Waals surface area contributed by atoms with Crippen LogP contribution in [0.3, 0.4) is 0 Å².